The van der Waals surface area contributed by atoms with Crippen molar-refractivity contribution in [2.75, 3.05) is 0 Å². The summed E-state index contributed by atoms with van der Waals surface area (Å²) in [6.07, 6.45) is 0.729. The van der Waals surface area contributed by atoms with Crippen LogP contribution in [-0.2, 0) is 9.68 Å². The molecule has 2 atom stereocenters. The fourth-order valence-corrected chi connectivity index (χ4v) is 1.12. The molecule has 0 aliphatic heterocycles. The Kier molecular flexibility index (Phi) is 7.74. The second kappa shape index (κ2) is 7.91. The van der Waals surface area contributed by atoms with E-state index in [2.05, 4.69) is 9.68 Å². The van der Waals surface area contributed by atoms with Crippen molar-refractivity contribution in [3.05, 3.63) is 0 Å². The lowest BCUT2D eigenvalue weighted by atomic mass is 10.1. The van der Waals surface area contributed by atoms with Gasteiger partial charge in [-0.1, -0.05) is 19.8 Å². The maximum Gasteiger partial charge on any atom is 0.112 e. The normalized spacial score (nSPS) is 16.0. The third-order valence-corrected chi connectivity index (χ3v) is 1.86. The fraction of sp³-hybridized carbons (Fsp3) is 1.00. The zero-order chi connectivity index (χ0) is 11.8. The minimum absolute atomic E-state index is 0.417. The smallest absolute Gasteiger partial charge is 0.112 e. The molecule has 92 valence electrons. The summed E-state index contributed by atoms with van der Waals surface area (Å²) in [5, 5.41) is 32.9. The Hall–Kier alpha value is -0.320. The molecule has 0 fully saturated rings. The molecule has 0 bridgehead atoms. The van der Waals surface area contributed by atoms with E-state index in [0.29, 0.717) is 6.42 Å². The molecule has 8 nitrogen and oxygen atoms in total. The Morgan fingerprint density at radius 3 is 2.00 bits per heavy atom. The molecule has 0 heterocycles. The molecule has 0 aliphatic carbocycles. The largest absolute Gasteiger partial charge is 0.266 e. The summed E-state index contributed by atoms with van der Waals surface area (Å²) in [7, 11) is 0. The maximum absolute atomic E-state index is 8.48. The van der Waals surface area contributed by atoms with Crippen molar-refractivity contribution >= 4 is 0 Å². The monoisotopic (exact) mass is 226 g/mol. The highest BCUT2D eigenvalue weighted by atomic mass is 17.1. The maximum atomic E-state index is 8.48. The summed E-state index contributed by atoms with van der Waals surface area (Å²) >= 11 is 0. The van der Waals surface area contributed by atoms with Gasteiger partial charge in [0.2, 0.25) is 0 Å². The number of hydrogen-bond donors (Lipinski definition) is 4. The molecule has 0 amide bonds. The van der Waals surface area contributed by atoms with Crippen LogP contribution in [0, 0.1) is 0 Å². The van der Waals surface area contributed by atoms with Crippen molar-refractivity contribution in [1.29, 1.82) is 0 Å². The summed E-state index contributed by atoms with van der Waals surface area (Å²) in [5.41, 5.74) is 0. The van der Waals surface area contributed by atoms with Gasteiger partial charge in [0, 0.05) is 0 Å². The number of hydrogen-bond acceptors (Lipinski definition) is 8. The number of unbranched alkanes of at least 4 members (excludes halogenated alkanes) is 1. The molecule has 0 aliphatic rings. The van der Waals surface area contributed by atoms with E-state index in [1.54, 1.807) is 0 Å². The van der Waals surface area contributed by atoms with Crippen molar-refractivity contribution in [3.63, 3.8) is 0 Å². The first-order valence-corrected chi connectivity index (χ1v) is 4.66. The van der Waals surface area contributed by atoms with E-state index in [1.165, 1.54) is 6.92 Å². The van der Waals surface area contributed by atoms with Crippen LogP contribution >= 0.6 is 0 Å². The van der Waals surface area contributed by atoms with Gasteiger partial charge in [-0.15, -0.1) is 0 Å². The quantitative estimate of drug-likeness (QED) is 0.453. The van der Waals surface area contributed by atoms with Gasteiger partial charge in [0.15, 0.2) is 0 Å². The SMILES string of the molecule is CCCCC(ON(O)O)C(C)ON(O)O. The zero-order valence-electron chi connectivity index (χ0n) is 8.78. The highest BCUT2D eigenvalue weighted by molar-refractivity contribution is 4.64. The van der Waals surface area contributed by atoms with Crippen molar-refractivity contribution in [2.24, 2.45) is 0 Å². The third kappa shape index (κ3) is 7.59. The Balaban J connectivity index is 4.07. The molecule has 0 saturated heterocycles. The van der Waals surface area contributed by atoms with Crippen LogP contribution in [0.3, 0.4) is 0 Å². The Bertz CT molecular complexity index is 156. The van der Waals surface area contributed by atoms with Gasteiger partial charge < -0.3 is 0 Å². The molecule has 0 aromatic heterocycles. The summed E-state index contributed by atoms with van der Waals surface area (Å²) in [6, 6.07) is 0. The zero-order valence-corrected chi connectivity index (χ0v) is 8.78. The van der Waals surface area contributed by atoms with Crippen molar-refractivity contribution < 1.29 is 30.5 Å². The molecule has 0 radical (unpaired) electrons. The minimum Gasteiger partial charge on any atom is -0.266 e. The summed E-state index contributed by atoms with van der Waals surface area (Å²) < 4.78 is 0. The molecule has 8 heteroatoms. The van der Waals surface area contributed by atoms with Crippen LogP contribution in [0.2, 0.25) is 0 Å². The second-order valence-corrected chi connectivity index (χ2v) is 3.10. The van der Waals surface area contributed by atoms with Crippen molar-refractivity contribution in [1.82, 2.24) is 10.8 Å². The minimum atomic E-state index is -0.742. The van der Waals surface area contributed by atoms with Gasteiger partial charge in [-0.05, 0) is 13.3 Å². The van der Waals surface area contributed by atoms with Crippen molar-refractivity contribution in [2.45, 2.75) is 45.3 Å². The summed E-state index contributed by atoms with van der Waals surface area (Å²) in [4.78, 5) is 9.07. The third-order valence-electron chi connectivity index (χ3n) is 1.86. The average molecular weight is 226 g/mol. The molecule has 0 aromatic carbocycles. The van der Waals surface area contributed by atoms with E-state index in [1.807, 2.05) is 6.92 Å². The molecule has 2 unspecified atom stereocenters. The topological polar surface area (TPSA) is 106 Å². The summed E-state index contributed by atoms with van der Waals surface area (Å²) in [5.74, 6) is 0. The molecular formula is C7H18N2O6. The first-order valence-electron chi connectivity index (χ1n) is 4.66. The van der Waals surface area contributed by atoms with Gasteiger partial charge in [-0.25, -0.2) is 9.68 Å². The van der Waals surface area contributed by atoms with Gasteiger partial charge >= 0.3 is 0 Å². The van der Waals surface area contributed by atoms with E-state index >= 15 is 0 Å². The fourth-order valence-electron chi connectivity index (χ4n) is 1.12. The lowest BCUT2D eigenvalue weighted by molar-refractivity contribution is -0.537. The van der Waals surface area contributed by atoms with Gasteiger partial charge in [-0.2, -0.15) is 0 Å². The first kappa shape index (κ1) is 14.7. The van der Waals surface area contributed by atoms with Crippen LogP contribution in [0.15, 0.2) is 0 Å². The molecule has 15 heavy (non-hydrogen) atoms. The summed E-state index contributed by atoms with van der Waals surface area (Å²) in [6.45, 7) is 3.46. The molecule has 4 N–H and O–H groups in total. The van der Waals surface area contributed by atoms with Crippen LogP contribution in [0.4, 0.5) is 0 Å². The predicted molar refractivity (Wildman–Crippen MR) is 45.8 cm³/mol. The molecule has 0 aromatic rings. The second-order valence-electron chi connectivity index (χ2n) is 3.10. The Morgan fingerprint density at radius 1 is 1.07 bits per heavy atom. The van der Waals surface area contributed by atoms with Crippen LogP contribution < -0.4 is 0 Å². The standard InChI is InChI=1S/C7H18N2O6/c1-3-4-5-7(15-9(12)13)6(2)14-8(10)11/h6-7,10-13H,3-5H2,1-2H3. The molecule has 0 spiro atoms. The van der Waals surface area contributed by atoms with Gasteiger partial charge in [0.1, 0.15) is 12.2 Å². The number of nitrogens with zero attached hydrogens (tertiary/aromatic N) is 2. The van der Waals surface area contributed by atoms with Crippen LogP contribution in [0.1, 0.15) is 33.1 Å². The molecular weight excluding hydrogens is 208 g/mol. The predicted octanol–water partition coefficient (Wildman–Crippen LogP) is 0.958. The van der Waals surface area contributed by atoms with Crippen LogP contribution in [-0.4, -0.2) is 43.8 Å². The van der Waals surface area contributed by atoms with E-state index in [0.717, 1.165) is 12.8 Å². The van der Waals surface area contributed by atoms with Crippen LogP contribution in [0.25, 0.3) is 0 Å². The van der Waals surface area contributed by atoms with Gasteiger partial charge in [0.25, 0.3) is 0 Å². The molecule has 0 rings (SSSR count). The van der Waals surface area contributed by atoms with Crippen molar-refractivity contribution in [3.8, 4) is 0 Å². The van der Waals surface area contributed by atoms with Gasteiger partial charge in [-0.3, -0.25) is 20.8 Å². The highest BCUT2D eigenvalue weighted by Gasteiger charge is 2.23. The van der Waals surface area contributed by atoms with E-state index in [9.17, 15) is 0 Å². The van der Waals surface area contributed by atoms with E-state index in [-0.39, 0.29) is 0 Å². The van der Waals surface area contributed by atoms with E-state index < -0.39 is 23.0 Å². The Morgan fingerprint density at radius 2 is 1.60 bits per heavy atom. The Labute approximate surface area is 87.6 Å². The van der Waals surface area contributed by atoms with Gasteiger partial charge in [0.05, 0.1) is 10.8 Å². The van der Waals surface area contributed by atoms with E-state index in [4.69, 9.17) is 20.8 Å². The first-order chi connectivity index (χ1) is 6.97. The van der Waals surface area contributed by atoms with Crippen LogP contribution in [0.5, 0.6) is 0 Å². The average Bonchev–Trinajstić information content (AvgIpc) is 2.10. The lowest BCUT2D eigenvalue weighted by Crippen LogP contribution is -2.37. The lowest BCUT2D eigenvalue weighted by Gasteiger charge is -2.24. The number of rotatable bonds is 8. The molecule has 0 saturated carbocycles. The highest BCUT2D eigenvalue weighted by Crippen LogP contribution is 2.13.